The molecule has 3 aromatic carbocycles. The van der Waals surface area contributed by atoms with Gasteiger partial charge in [0.05, 0.1) is 12.7 Å². The number of carbonyl (C=O) groups is 1. The fourth-order valence-electron chi connectivity index (χ4n) is 3.92. The summed E-state index contributed by atoms with van der Waals surface area (Å²) in [7, 11) is 1.54. The van der Waals surface area contributed by atoms with Crippen LogP contribution in [0.4, 0.5) is 18.9 Å². The second-order valence-corrected chi connectivity index (χ2v) is 7.53. The Morgan fingerprint density at radius 3 is 2.39 bits per heavy atom. The number of carbonyl (C=O) groups excluding carboxylic acids is 1. The van der Waals surface area contributed by atoms with E-state index >= 15 is 0 Å². The molecule has 0 saturated carbocycles. The summed E-state index contributed by atoms with van der Waals surface area (Å²) in [6.45, 7) is 0.0749. The van der Waals surface area contributed by atoms with Crippen LogP contribution in [0.3, 0.4) is 0 Å². The molecule has 33 heavy (non-hydrogen) atoms. The van der Waals surface area contributed by atoms with Crippen molar-refractivity contribution >= 4 is 11.6 Å². The van der Waals surface area contributed by atoms with Gasteiger partial charge in [-0.25, -0.2) is 0 Å². The third-order valence-electron chi connectivity index (χ3n) is 5.56. The zero-order valence-corrected chi connectivity index (χ0v) is 17.3. The Bertz CT molecular complexity index is 1200. The molecule has 0 spiro atoms. The molecule has 0 radical (unpaired) electrons. The zero-order chi connectivity index (χ0) is 23.2. The molecule has 170 valence electrons. The van der Waals surface area contributed by atoms with E-state index in [9.17, 15) is 18.0 Å². The molecule has 0 aliphatic carbocycles. The number of ether oxygens (including phenoxy) is 4. The number of methoxy groups -OCH3 is 1. The molecule has 0 bridgehead atoms. The number of halogens is 3. The average Bonchev–Trinajstić information content (AvgIpc) is 3.28. The van der Waals surface area contributed by atoms with Crippen LogP contribution in [0.5, 0.6) is 23.0 Å². The standard InChI is InChI=1S/C24H18F3NO5/c1-30-17-6-8-18(9-7-17)33-22-21(14-5-10-19-20(11-14)32-13-31-19)28(23(22)29)16-4-2-3-15(12-16)24(25,26)27/h2-12,21-22H,13H2,1H3/t21-,22-/m0/s1. The molecule has 3 aromatic rings. The van der Waals surface area contributed by atoms with Crippen LogP contribution in [0.15, 0.2) is 66.7 Å². The van der Waals surface area contributed by atoms with E-state index in [2.05, 4.69) is 0 Å². The van der Waals surface area contributed by atoms with Gasteiger partial charge in [-0.3, -0.25) is 9.69 Å². The van der Waals surface area contributed by atoms with Crippen molar-refractivity contribution in [2.45, 2.75) is 18.3 Å². The summed E-state index contributed by atoms with van der Waals surface area (Å²) in [6.07, 6.45) is -5.47. The summed E-state index contributed by atoms with van der Waals surface area (Å²) in [5.74, 6) is 1.67. The minimum absolute atomic E-state index is 0.0749. The van der Waals surface area contributed by atoms with E-state index in [4.69, 9.17) is 18.9 Å². The van der Waals surface area contributed by atoms with Crippen molar-refractivity contribution in [1.82, 2.24) is 0 Å². The lowest BCUT2D eigenvalue weighted by atomic mass is 9.89. The summed E-state index contributed by atoms with van der Waals surface area (Å²) < 4.78 is 61.7. The summed E-state index contributed by atoms with van der Waals surface area (Å²) in [4.78, 5) is 14.4. The van der Waals surface area contributed by atoms with E-state index in [0.717, 1.165) is 12.1 Å². The van der Waals surface area contributed by atoms with Gasteiger partial charge in [-0.05, 0) is 60.2 Å². The number of alkyl halides is 3. The van der Waals surface area contributed by atoms with E-state index in [1.807, 2.05) is 0 Å². The Kier molecular flexibility index (Phi) is 5.03. The lowest BCUT2D eigenvalue weighted by Gasteiger charge is -2.46. The van der Waals surface area contributed by atoms with Crippen LogP contribution in [-0.4, -0.2) is 25.9 Å². The molecule has 6 nitrogen and oxygen atoms in total. The maximum absolute atomic E-state index is 13.3. The van der Waals surface area contributed by atoms with Crippen molar-refractivity contribution in [3.05, 3.63) is 77.9 Å². The number of benzene rings is 3. The first-order valence-electron chi connectivity index (χ1n) is 10.1. The molecule has 9 heteroatoms. The smallest absolute Gasteiger partial charge is 0.416 e. The number of hydrogen-bond acceptors (Lipinski definition) is 5. The molecule has 0 unspecified atom stereocenters. The number of hydrogen-bond donors (Lipinski definition) is 0. The zero-order valence-electron chi connectivity index (χ0n) is 17.3. The van der Waals surface area contributed by atoms with Crippen LogP contribution < -0.4 is 23.8 Å². The van der Waals surface area contributed by atoms with Gasteiger partial charge in [0.15, 0.2) is 11.5 Å². The van der Waals surface area contributed by atoms with Crippen molar-refractivity contribution in [2.75, 3.05) is 18.8 Å². The first-order chi connectivity index (χ1) is 15.8. The molecule has 2 aliphatic rings. The van der Waals surface area contributed by atoms with Crippen LogP contribution in [0.1, 0.15) is 17.2 Å². The highest BCUT2D eigenvalue weighted by Gasteiger charge is 2.51. The second-order valence-electron chi connectivity index (χ2n) is 7.53. The van der Waals surface area contributed by atoms with Crippen molar-refractivity contribution in [3.63, 3.8) is 0 Å². The van der Waals surface area contributed by atoms with Crippen molar-refractivity contribution in [3.8, 4) is 23.0 Å². The number of anilines is 1. The summed E-state index contributed by atoms with van der Waals surface area (Å²) in [5.41, 5.74) is -0.0568. The van der Waals surface area contributed by atoms with Crippen molar-refractivity contribution in [2.24, 2.45) is 0 Å². The molecule has 1 saturated heterocycles. The molecule has 5 rings (SSSR count). The highest BCUT2D eigenvalue weighted by molar-refractivity contribution is 6.05. The quantitative estimate of drug-likeness (QED) is 0.506. The van der Waals surface area contributed by atoms with Crippen molar-refractivity contribution < 1.29 is 36.9 Å². The Morgan fingerprint density at radius 1 is 0.939 bits per heavy atom. The highest BCUT2D eigenvalue weighted by atomic mass is 19.4. The van der Waals surface area contributed by atoms with Gasteiger partial charge in [0.1, 0.15) is 17.5 Å². The molecular weight excluding hydrogens is 439 g/mol. The number of β-lactam (4-membered cyclic amide) rings is 1. The molecular formula is C24H18F3NO5. The van der Waals surface area contributed by atoms with E-state index in [1.165, 1.54) is 24.1 Å². The highest BCUT2D eigenvalue weighted by Crippen LogP contribution is 2.45. The maximum atomic E-state index is 13.3. The molecule has 2 aliphatic heterocycles. The summed E-state index contributed by atoms with van der Waals surface area (Å²) in [6, 6.07) is 15.9. The van der Waals surface area contributed by atoms with E-state index in [-0.39, 0.29) is 12.5 Å². The van der Waals surface area contributed by atoms with Gasteiger partial charge in [-0.15, -0.1) is 0 Å². The number of fused-ring (bicyclic) bond motifs is 1. The fourth-order valence-corrected chi connectivity index (χ4v) is 3.92. The van der Waals surface area contributed by atoms with Gasteiger partial charge < -0.3 is 18.9 Å². The largest absolute Gasteiger partial charge is 0.497 e. The lowest BCUT2D eigenvalue weighted by molar-refractivity contribution is -0.138. The van der Waals surface area contributed by atoms with Gasteiger partial charge in [-0.1, -0.05) is 12.1 Å². The van der Waals surface area contributed by atoms with Gasteiger partial charge >= 0.3 is 6.18 Å². The second kappa shape index (κ2) is 7.91. The predicted octanol–water partition coefficient (Wildman–Crippen LogP) is 4.98. The molecule has 0 N–H and O–H groups in total. The molecule has 2 atom stereocenters. The third kappa shape index (κ3) is 3.79. The Hall–Kier alpha value is -3.88. The van der Waals surface area contributed by atoms with E-state index < -0.39 is 29.8 Å². The maximum Gasteiger partial charge on any atom is 0.416 e. The molecule has 0 aromatic heterocycles. The summed E-state index contributed by atoms with van der Waals surface area (Å²) >= 11 is 0. The predicted molar refractivity (Wildman–Crippen MR) is 112 cm³/mol. The topological polar surface area (TPSA) is 57.2 Å². The Morgan fingerprint density at radius 2 is 1.67 bits per heavy atom. The minimum atomic E-state index is -4.53. The molecule has 1 fully saturated rings. The third-order valence-corrected chi connectivity index (χ3v) is 5.56. The van der Waals surface area contributed by atoms with Gasteiger partial charge in [0.2, 0.25) is 12.9 Å². The average molecular weight is 457 g/mol. The fraction of sp³-hybridized carbons (Fsp3) is 0.208. The first-order valence-corrected chi connectivity index (χ1v) is 10.1. The Balaban J connectivity index is 1.51. The Labute approximate surface area is 187 Å². The van der Waals surface area contributed by atoms with Crippen LogP contribution in [0.2, 0.25) is 0 Å². The van der Waals surface area contributed by atoms with Gasteiger partial charge in [-0.2, -0.15) is 13.2 Å². The van der Waals surface area contributed by atoms with Crippen molar-refractivity contribution in [1.29, 1.82) is 0 Å². The summed E-state index contributed by atoms with van der Waals surface area (Å²) in [5, 5.41) is 0. The monoisotopic (exact) mass is 457 g/mol. The molecule has 1 amide bonds. The normalized spacial score (nSPS) is 19.3. The van der Waals surface area contributed by atoms with E-state index in [1.54, 1.807) is 42.5 Å². The van der Waals surface area contributed by atoms with Crippen LogP contribution >= 0.6 is 0 Å². The molecule has 2 heterocycles. The number of amides is 1. The number of nitrogens with zero attached hydrogens (tertiary/aromatic N) is 1. The lowest BCUT2D eigenvalue weighted by Crippen LogP contribution is -2.61. The van der Waals surface area contributed by atoms with E-state index in [0.29, 0.717) is 28.6 Å². The van der Waals surface area contributed by atoms with Gasteiger partial charge in [0, 0.05) is 5.69 Å². The van der Waals surface area contributed by atoms with Gasteiger partial charge in [0.25, 0.3) is 5.91 Å². The minimum Gasteiger partial charge on any atom is -0.497 e. The first kappa shape index (κ1) is 21.0. The van der Waals surface area contributed by atoms with Crippen LogP contribution in [0, 0.1) is 0 Å². The SMILES string of the molecule is COc1ccc(O[C@@H]2C(=O)N(c3cccc(C(F)(F)F)c3)[C@H]2c2ccc3c(c2)OCO3)cc1. The van der Waals surface area contributed by atoms with Crippen LogP contribution in [-0.2, 0) is 11.0 Å². The van der Waals surface area contributed by atoms with Crippen LogP contribution in [0.25, 0.3) is 0 Å². The number of rotatable bonds is 5.